The molecular weight excluding hydrogens is 386 g/mol. The standard InChI is InChI=1S/C7H4I2O3/c8-4-2-1-3(7(11)12)6(10)5(4)9/h1-2,10H,(H,11,12). The van der Waals surface area contributed by atoms with E-state index in [1.165, 1.54) is 6.07 Å². The zero-order valence-corrected chi connectivity index (χ0v) is 10.0. The van der Waals surface area contributed by atoms with Gasteiger partial charge in [0.1, 0.15) is 11.3 Å². The fourth-order valence-corrected chi connectivity index (χ4v) is 1.62. The van der Waals surface area contributed by atoms with Crippen LogP contribution in [0.5, 0.6) is 5.75 Å². The van der Waals surface area contributed by atoms with E-state index in [1.54, 1.807) is 6.07 Å². The van der Waals surface area contributed by atoms with Gasteiger partial charge in [-0.1, -0.05) is 0 Å². The van der Waals surface area contributed by atoms with Crippen LogP contribution < -0.4 is 0 Å². The van der Waals surface area contributed by atoms with E-state index in [4.69, 9.17) is 5.11 Å². The quantitative estimate of drug-likeness (QED) is 0.724. The smallest absolute Gasteiger partial charge is 0.339 e. The molecule has 0 atom stereocenters. The number of aromatic carboxylic acids is 1. The monoisotopic (exact) mass is 390 g/mol. The highest BCUT2D eigenvalue weighted by molar-refractivity contribution is 14.1. The first-order valence-electron chi connectivity index (χ1n) is 2.94. The number of halogens is 2. The molecule has 0 amide bonds. The van der Waals surface area contributed by atoms with E-state index in [2.05, 4.69) is 0 Å². The summed E-state index contributed by atoms with van der Waals surface area (Å²) in [4.78, 5) is 10.5. The highest BCUT2D eigenvalue weighted by Crippen LogP contribution is 2.28. The molecule has 0 aromatic heterocycles. The Morgan fingerprint density at radius 2 is 1.92 bits per heavy atom. The predicted molar refractivity (Wildman–Crippen MR) is 60.5 cm³/mol. The van der Waals surface area contributed by atoms with Crippen LogP contribution in [0.2, 0.25) is 0 Å². The molecule has 64 valence electrons. The van der Waals surface area contributed by atoms with Crippen molar-refractivity contribution >= 4 is 51.2 Å². The normalized spacial score (nSPS) is 9.83. The molecule has 0 radical (unpaired) electrons. The number of carbonyl (C=O) groups is 1. The van der Waals surface area contributed by atoms with Gasteiger partial charge < -0.3 is 10.2 Å². The van der Waals surface area contributed by atoms with E-state index in [0.29, 0.717) is 3.57 Å². The Morgan fingerprint density at radius 3 is 2.42 bits per heavy atom. The fourth-order valence-electron chi connectivity index (χ4n) is 0.713. The third-order valence-electron chi connectivity index (χ3n) is 1.30. The minimum Gasteiger partial charge on any atom is -0.506 e. The third-order valence-corrected chi connectivity index (χ3v) is 4.32. The molecule has 0 fully saturated rings. The van der Waals surface area contributed by atoms with Crippen LogP contribution in [-0.2, 0) is 0 Å². The third kappa shape index (κ3) is 1.82. The van der Waals surface area contributed by atoms with Crippen molar-refractivity contribution in [3.05, 3.63) is 24.8 Å². The minimum atomic E-state index is -1.11. The number of hydrogen-bond acceptors (Lipinski definition) is 2. The van der Waals surface area contributed by atoms with Crippen molar-refractivity contribution in [1.29, 1.82) is 0 Å². The molecule has 0 saturated carbocycles. The number of benzene rings is 1. The van der Waals surface area contributed by atoms with Gasteiger partial charge in [0.25, 0.3) is 0 Å². The summed E-state index contributed by atoms with van der Waals surface area (Å²) >= 11 is 3.94. The van der Waals surface area contributed by atoms with E-state index in [9.17, 15) is 9.90 Å². The summed E-state index contributed by atoms with van der Waals surface area (Å²) in [6.07, 6.45) is 0. The van der Waals surface area contributed by atoms with Crippen molar-refractivity contribution in [3.63, 3.8) is 0 Å². The maximum absolute atomic E-state index is 10.5. The molecule has 12 heavy (non-hydrogen) atoms. The zero-order valence-electron chi connectivity index (χ0n) is 5.71. The summed E-state index contributed by atoms with van der Waals surface area (Å²) in [5.41, 5.74) is -0.0557. The molecule has 0 bridgehead atoms. The van der Waals surface area contributed by atoms with Crippen molar-refractivity contribution in [1.82, 2.24) is 0 Å². The van der Waals surface area contributed by atoms with Crippen molar-refractivity contribution in [2.75, 3.05) is 0 Å². The van der Waals surface area contributed by atoms with Crippen LogP contribution in [0.25, 0.3) is 0 Å². The van der Waals surface area contributed by atoms with E-state index in [1.807, 2.05) is 45.2 Å². The second-order valence-corrected chi connectivity index (χ2v) is 4.30. The molecule has 0 aliphatic carbocycles. The Bertz CT molecular complexity index is 336. The SMILES string of the molecule is O=C(O)c1ccc(I)c(I)c1O. The van der Waals surface area contributed by atoms with Crippen LogP contribution in [0.15, 0.2) is 12.1 Å². The summed E-state index contributed by atoms with van der Waals surface area (Å²) in [5, 5.41) is 18.0. The molecule has 1 rings (SSSR count). The van der Waals surface area contributed by atoms with Crippen LogP contribution in [0.1, 0.15) is 10.4 Å². The lowest BCUT2D eigenvalue weighted by Crippen LogP contribution is -1.98. The topological polar surface area (TPSA) is 57.5 Å². The van der Waals surface area contributed by atoms with Gasteiger partial charge in [0.2, 0.25) is 0 Å². The van der Waals surface area contributed by atoms with E-state index in [0.717, 1.165) is 3.57 Å². The maximum Gasteiger partial charge on any atom is 0.339 e. The molecule has 0 aliphatic heterocycles. The first-order chi connectivity index (χ1) is 5.54. The highest BCUT2D eigenvalue weighted by Gasteiger charge is 2.13. The summed E-state index contributed by atoms with van der Waals surface area (Å²) < 4.78 is 1.42. The van der Waals surface area contributed by atoms with E-state index >= 15 is 0 Å². The molecule has 0 heterocycles. The van der Waals surface area contributed by atoms with Crippen LogP contribution in [0.3, 0.4) is 0 Å². The van der Waals surface area contributed by atoms with E-state index < -0.39 is 5.97 Å². The molecule has 0 spiro atoms. The molecule has 0 unspecified atom stereocenters. The van der Waals surface area contributed by atoms with E-state index in [-0.39, 0.29) is 11.3 Å². The molecule has 5 heteroatoms. The van der Waals surface area contributed by atoms with Gasteiger partial charge >= 0.3 is 5.97 Å². The van der Waals surface area contributed by atoms with Crippen LogP contribution >= 0.6 is 45.2 Å². The van der Waals surface area contributed by atoms with Gasteiger partial charge in [0.15, 0.2) is 0 Å². The fraction of sp³-hybridized carbons (Fsp3) is 0. The van der Waals surface area contributed by atoms with Crippen molar-refractivity contribution in [3.8, 4) is 5.75 Å². The van der Waals surface area contributed by atoms with Crippen molar-refractivity contribution < 1.29 is 15.0 Å². The summed E-state index contributed by atoms with van der Waals surface area (Å²) in [6, 6.07) is 3.05. The Kier molecular flexibility index (Phi) is 3.16. The second-order valence-electron chi connectivity index (χ2n) is 2.06. The van der Waals surface area contributed by atoms with Crippen LogP contribution in [-0.4, -0.2) is 16.2 Å². The zero-order chi connectivity index (χ0) is 9.30. The van der Waals surface area contributed by atoms with Gasteiger partial charge in [-0.05, 0) is 57.3 Å². The molecule has 3 nitrogen and oxygen atoms in total. The Morgan fingerprint density at radius 1 is 1.33 bits per heavy atom. The molecule has 1 aromatic carbocycles. The average Bonchev–Trinajstić information content (AvgIpc) is 2.00. The first kappa shape index (κ1) is 10.0. The molecule has 2 N–H and O–H groups in total. The number of phenols is 1. The lowest BCUT2D eigenvalue weighted by molar-refractivity contribution is 0.0693. The number of rotatable bonds is 1. The number of carboxylic acids is 1. The van der Waals surface area contributed by atoms with Gasteiger partial charge in [-0.25, -0.2) is 4.79 Å². The maximum atomic E-state index is 10.5. The largest absolute Gasteiger partial charge is 0.506 e. The molecule has 0 saturated heterocycles. The van der Waals surface area contributed by atoms with Crippen LogP contribution in [0, 0.1) is 7.14 Å². The Balaban J connectivity index is 3.36. The van der Waals surface area contributed by atoms with Gasteiger partial charge in [-0.2, -0.15) is 0 Å². The lowest BCUT2D eigenvalue weighted by Gasteiger charge is -2.02. The first-order valence-corrected chi connectivity index (χ1v) is 5.10. The average molecular weight is 390 g/mol. The Hall–Kier alpha value is -0.0500. The predicted octanol–water partition coefficient (Wildman–Crippen LogP) is 2.30. The van der Waals surface area contributed by atoms with Gasteiger partial charge in [-0.15, -0.1) is 0 Å². The van der Waals surface area contributed by atoms with Gasteiger partial charge in [0.05, 0.1) is 3.57 Å². The van der Waals surface area contributed by atoms with Crippen LogP contribution in [0.4, 0.5) is 0 Å². The van der Waals surface area contributed by atoms with Crippen molar-refractivity contribution in [2.24, 2.45) is 0 Å². The number of aromatic hydroxyl groups is 1. The Labute approximate surface area is 96.1 Å². The van der Waals surface area contributed by atoms with Gasteiger partial charge in [0, 0.05) is 3.57 Å². The summed E-state index contributed by atoms with van der Waals surface area (Å²) in [7, 11) is 0. The number of hydrogen-bond donors (Lipinski definition) is 2. The summed E-state index contributed by atoms with van der Waals surface area (Å²) in [6.45, 7) is 0. The number of carboxylic acid groups (broad SMARTS) is 1. The van der Waals surface area contributed by atoms with Gasteiger partial charge in [-0.3, -0.25) is 0 Å². The molecule has 0 aliphatic rings. The summed E-state index contributed by atoms with van der Waals surface area (Å²) in [5.74, 6) is -1.27. The highest BCUT2D eigenvalue weighted by atomic mass is 127. The molecule has 1 aromatic rings. The molecular formula is C7H4I2O3. The minimum absolute atomic E-state index is 0.0557. The van der Waals surface area contributed by atoms with Crippen molar-refractivity contribution in [2.45, 2.75) is 0 Å². The lowest BCUT2D eigenvalue weighted by atomic mass is 10.2. The second kappa shape index (κ2) is 3.77.